The number of anilines is 1. The Morgan fingerprint density at radius 1 is 1.29 bits per heavy atom. The first kappa shape index (κ1) is 16.3. The van der Waals surface area contributed by atoms with Crippen LogP contribution >= 0.6 is 11.8 Å². The van der Waals surface area contributed by atoms with Crippen LogP contribution in [0.25, 0.3) is 0 Å². The maximum absolute atomic E-state index is 12.0. The molecule has 116 valence electrons. The number of carbonyl (C=O) groups excluding carboxylic acids is 1. The Labute approximate surface area is 131 Å². The number of rotatable bonds is 7. The lowest BCUT2D eigenvalue weighted by atomic mass is 10.3. The third kappa shape index (κ3) is 6.08. The van der Waals surface area contributed by atoms with Crippen LogP contribution in [0.4, 0.5) is 5.69 Å². The molecule has 1 aliphatic heterocycles. The molecule has 0 bridgehead atoms. The van der Waals surface area contributed by atoms with Crippen LogP contribution in [0.3, 0.4) is 0 Å². The van der Waals surface area contributed by atoms with E-state index in [1.807, 2.05) is 23.9 Å². The molecule has 1 aliphatic rings. The van der Waals surface area contributed by atoms with E-state index in [1.165, 1.54) is 17.7 Å². The van der Waals surface area contributed by atoms with Crippen LogP contribution in [-0.4, -0.2) is 49.3 Å². The fourth-order valence-electron chi connectivity index (χ4n) is 2.24. The summed E-state index contributed by atoms with van der Waals surface area (Å²) < 4.78 is 0. The molecule has 0 aromatic heterocycles. The molecule has 0 saturated carbocycles. The highest BCUT2D eigenvalue weighted by atomic mass is 32.2. The number of thioether (sulfide) groups is 1. The van der Waals surface area contributed by atoms with Crippen molar-refractivity contribution < 1.29 is 4.79 Å². The van der Waals surface area contributed by atoms with Crippen molar-refractivity contribution in [2.45, 2.75) is 24.7 Å². The first-order chi connectivity index (χ1) is 10.3. The summed E-state index contributed by atoms with van der Waals surface area (Å²) in [5, 5.41) is 6.26. The van der Waals surface area contributed by atoms with E-state index in [0.717, 1.165) is 37.6 Å². The van der Waals surface area contributed by atoms with Gasteiger partial charge in [0.15, 0.2) is 0 Å². The standard InChI is InChI=1S/C16H25N3OS/c1-2-3-12-21-15-6-4-14(5-7-15)18-16(20)13-19-10-8-17-9-11-19/h4-7,17H,2-3,8-13H2,1H3,(H,18,20). The second kappa shape index (κ2) is 9.07. The van der Waals surface area contributed by atoms with Gasteiger partial charge in [-0.05, 0) is 36.4 Å². The van der Waals surface area contributed by atoms with Crippen LogP contribution < -0.4 is 10.6 Å². The first-order valence-corrected chi connectivity index (χ1v) is 8.72. The normalized spacial score (nSPS) is 15.9. The highest BCUT2D eigenvalue weighted by Gasteiger charge is 2.13. The number of amides is 1. The Balaban J connectivity index is 1.75. The molecule has 1 heterocycles. The van der Waals surface area contributed by atoms with Gasteiger partial charge in [-0.3, -0.25) is 9.69 Å². The molecule has 4 nitrogen and oxygen atoms in total. The molecule has 21 heavy (non-hydrogen) atoms. The van der Waals surface area contributed by atoms with E-state index in [1.54, 1.807) is 0 Å². The summed E-state index contributed by atoms with van der Waals surface area (Å²) in [5.74, 6) is 1.23. The van der Waals surface area contributed by atoms with Crippen LogP contribution in [0.2, 0.25) is 0 Å². The Kier molecular flexibility index (Phi) is 7.06. The zero-order valence-electron chi connectivity index (χ0n) is 12.7. The summed E-state index contributed by atoms with van der Waals surface area (Å²) in [6, 6.07) is 8.15. The topological polar surface area (TPSA) is 44.4 Å². The average Bonchev–Trinajstić information content (AvgIpc) is 2.50. The molecule has 1 fully saturated rings. The first-order valence-electron chi connectivity index (χ1n) is 7.73. The molecular formula is C16H25N3OS. The molecule has 1 aromatic rings. The van der Waals surface area contributed by atoms with Crippen molar-refractivity contribution in [3.05, 3.63) is 24.3 Å². The molecule has 0 atom stereocenters. The lowest BCUT2D eigenvalue weighted by molar-refractivity contribution is -0.117. The summed E-state index contributed by atoms with van der Waals surface area (Å²) >= 11 is 1.87. The maximum Gasteiger partial charge on any atom is 0.238 e. The largest absolute Gasteiger partial charge is 0.325 e. The van der Waals surface area contributed by atoms with Crippen LogP contribution in [0.15, 0.2) is 29.2 Å². The van der Waals surface area contributed by atoms with Gasteiger partial charge >= 0.3 is 0 Å². The number of hydrogen-bond acceptors (Lipinski definition) is 4. The molecule has 0 radical (unpaired) electrons. The van der Waals surface area contributed by atoms with Gasteiger partial charge in [-0.2, -0.15) is 0 Å². The highest BCUT2D eigenvalue weighted by Crippen LogP contribution is 2.21. The molecule has 5 heteroatoms. The average molecular weight is 307 g/mol. The van der Waals surface area contributed by atoms with Crippen molar-refractivity contribution in [1.29, 1.82) is 0 Å². The number of unbranched alkanes of at least 4 members (excludes halogenated alkanes) is 1. The lowest BCUT2D eigenvalue weighted by Crippen LogP contribution is -2.46. The van der Waals surface area contributed by atoms with Gasteiger partial charge in [-0.15, -0.1) is 11.8 Å². The number of nitrogens with zero attached hydrogens (tertiary/aromatic N) is 1. The van der Waals surface area contributed by atoms with Crippen molar-refractivity contribution in [3.8, 4) is 0 Å². The van der Waals surface area contributed by atoms with Crippen molar-refractivity contribution in [2.75, 3.05) is 43.8 Å². The van der Waals surface area contributed by atoms with Gasteiger partial charge in [0.1, 0.15) is 0 Å². The maximum atomic E-state index is 12.0. The van der Waals surface area contributed by atoms with Gasteiger partial charge < -0.3 is 10.6 Å². The Bertz CT molecular complexity index is 430. The predicted octanol–water partition coefficient (Wildman–Crippen LogP) is 2.42. The van der Waals surface area contributed by atoms with Crippen LogP contribution in [0, 0.1) is 0 Å². The lowest BCUT2D eigenvalue weighted by Gasteiger charge is -2.26. The molecule has 0 unspecified atom stereocenters. The number of carbonyl (C=O) groups is 1. The van der Waals surface area contributed by atoms with Crippen molar-refractivity contribution in [2.24, 2.45) is 0 Å². The van der Waals surface area contributed by atoms with Crippen LogP contribution in [0.1, 0.15) is 19.8 Å². The van der Waals surface area contributed by atoms with Gasteiger partial charge in [0, 0.05) is 36.8 Å². The fourth-order valence-corrected chi connectivity index (χ4v) is 3.24. The van der Waals surface area contributed by atoms with Gasteiger partial charge in [0.2, 0.25) is 5.91 Å². The van der Waals surface area contributed by atoms with Gasteiger partial charge in [-0.1, -0.05) is 13.3 Å². The molecule has 1 amide bonds. The van der Waals surface area contributed by atoms with E-state index in [9.17, 15) is 4.79 Å². The summed E-state index contributed by atoms with van der Waals surface area (Å²) in [6.07, 6.45) is 2.47. The minimum Gasteiger partial charge on any atom is -0.325 e. The third-order valence-electron chi connectivity index (χ3n) is 3.48. The third-order valence-corrected chi connectivity index (χ3v) is 4.58. The van der Waals surface area contributed by atoms with E-state index >= 15 is 0 Å². The smallest absolute Gasteiger partial charge is 0.238 e. The minimum absolute atomic E-state index is 0.0725. The minimum atomic E-state index is 0.0725. The zero-order valence-corrected chi connectivity index (χ0v) is 13.5. The Morgan fingerprint density at radius 2 is 2.00 bits per heavy atom. The summed E-state index contributed by atoms with van der Waals surface area (Å²) in [5.41, 5.74) is 0.884. The van der Waals surface area contributed by atoms with E-state index < -0.39 is 0 Å². The number of hydrogen-bond donors (Lipinski definition) is 2. The molecule has 2 N–H and O–H groups in total. The van der Waals surface area contributed by atoms with Crippen molar-refractivity contribution in [1.82, 2.24) is 10.2 Å². The van der Waals surface area contributed by atoms with Crippen LogP contribution in [-0.2, 0) is 4.79 Å². The second-order valence-electron chi connectivity index (χ2n) is 5.30. The van der Waals surface area contributed by atoms with E-state index in [0.29, 0.717) is 6.54 Å². The molecule has 2 rings (SSSR count). The monoisotopic (exact) mass is 307 g/mol. The van der Waals surface area contributed by atoms with Crippen LogP contribution in [0.5, 0.6) is 0 Å². The molecule has 0 aliphatic carbocycles. The van der Waals surface area contributed by atoms with E-state index in [2.05, 4.69) is 34.6 Å². The van der Waals surface area contributed by atoms with Gasteiger partial charge in [0.25, 0.3) is 0 Å². The van der Waals surface area contributed by atoms with E-state index in [4.69, 9.17) is 0 Å². The van der Waals surface area contributed by atoms with E-state index in [-0.39, 0.29) is 5.91 Å². The number of piperazine rings is 1. The van der Waals surface area contributed by atoms with Gasteiger partial charge in [0.05, 0.1) is 6.54 Å². The second-order valence-corrected chi connectivity index (χ2v) is 6.47. The molecule has 1 saturated heterocycles. The molecule has 1 aromatic carbocycles. The Morgan fingerprint density at radius 3 is 2.67 bits per heavy atom. The summed E-state index contributed by atoms with van der Waals surface area (Å²) in [6.45, 7) is 6.51. The van der Waals surface area contributed by atoms with Crippen molar-refractivity contribution >= 4 is 23.4 Å². The fraction of sp³-hybridized carbons (Fsp3) is 0.562. The zero-order chi connectivity index (χ0) is 14.9. The highest BCUT2D eigenvalue weighted by molar-refractivity contribution is 7.99. The molecule has 0 spiro atoms. The number of nitrogens with one attached hydrogen (secondary N) is 2. The Hall–Kier alpha value is -1.04. The molecular weight excluding hydrogens is 282 g/mol. The van der Waals surface area contributed by atoms with Crippen molar-refractivity contribution in [3.63, 3.8) is 0 Å². The summed E-state index contributed by atoms with van der Waals surface area (Å²) in [4.78, 5) is 15.4. The quantitative estimate of drug-likeness (QED) is 0.600. The summed E-state index contributed by atoms with van der Waals surface area (Å²) in [7, 11) is 0. The van der Waals surface area contributed by atoms with Gasteiger partial charge in [-0.25, -0.2) is 0 Å². The SMILES string of the molecule is CCCCSc1ccc(NC(=O)CN2CCNCC2)cc1. The number of benzene rings is 1. The predicted molar refractivity (Wildman–Crippen MR) is 90.0 cm³/mol.